The third-order valence-corrected chi connectivity index (χ3v) is 2.67. The fourth-order valence-electron chi connectivity index (χ4n) is 1.36. The van der Waals surface area contributed by atoms with Gasteiger partial charge in [-0.05, 0) is 36.8 Å². The van der Waals surface area contributed by atoms with Crippen LogP contribution in [-0.2, 0) is 0 Å². The molecule has 0 atom stereocenters. The van der Waals surface area contributed by atoms with Gasteiger partial charge in [0.25, 0.3) is 5.69 Å². The number of non-ortho nitro benzene ring substituents is 1. The Bertz CT molecular complexity index is 592. The molecule has 0 unspecified atom stereocenters. The monoisotopic (exact) mass is 295 g/mol. The third kappa shape index (κ3) is 4.33. The zero-order valence-electron chi connectivity index (χ0n) is 10.7. The van der Waals surface area contributed by atoms with Crippen molar-refractivity contribution < 1.29 is 10.0 Å². The van der Waals surface area contributed by atoms with E-state index in [1.165, 1.54) is 30.3 Å². The zero-order valence-corrected chi connectivity index (χ0v) is 11.5. The fraction of sp³-hybridized carbons (Fsp3) is 0.0769. The van der Waals surface area contributed by atoms with Crippen LogP contribution in [0.4, 0.5) is 17.1 Å². The molecule has 0 heterocycles. The minimum absolute atomic E-state index is 0.0641. The molecular formula is C13H14ClN3O3. The van der Waals surface area contributed by atoms with Crippen molar-refractivity contribution in [2.75, 3.05) is 11.5 Å². The van der Waals surface area contributed by atoms with E-state index in [9.17, 15) is 10.1 Å². The van der Waals surface area contributed by atoms with Gasteiger partial charge in [-0.25, -0.2) is 0 Å². The highest BCUT2D eigenvalue weighted by Gasteiger charge is 2.02. The Morgan fingerprint density at radius 3 is 2.15 bits per heavy atom. The van der Waals surface area contributed by atoms with E-state index < -0.39 is 4.92 Å². The predicted octanol–water partition coefficient (Wildman–Crippen LogP) is 3.11. The SMILES string of the molecule is Cc1cc(N)cc(Cl)c1O.Nc1ccc([N+](=O)[O-])cc1. The van der Waals surface area contributed by atoms with Crippen molar-refractivity contribution in [3.63, 3.8) is 0 Å². The molecule has 0 spiro atoms. The Hall–Kier alpha value is -2.47. The van der Waals surface area contributed by atoms with Crippen molar-refractivity contribution in [3.05, 3.63) is 57.1 Å². The van der Waals surface area contributed by atoms with Crippen molar-refractivity contribution in [1.82, 2.24) is 0 Å². The summed E-state index contributed by atoms with van der Waals surface area (Å²) in [5, 5.41) is 19.5. The van der Waals surface area contributed by atoms with Crippen LogP contribution in [-0.4, -0.2) is 10.0 Å². The van der Waals surface area contributed by atoms with Gasteiger partial charge < -0.3 is 16.6 Å². The number of nitrogens with two attached hydrogens (primary N) is 2. The zero-order chi connectivity index (χ0) is 15.3. The summed E-state index contributed by atoms with van der Waals surface area (Å²) in [5.74, 6) is 0.107. The Morgan fingerprint density at radius 1 is 1.15 bits per heavy atom. The molecule has 2 aromatic carbocycles. The smallest absolute Gasteiger partial charge is 0.269 e. The summed E-state index contributed by atoms with van der Waals surface area (Å²) in [4.78, 5) is 9.62. The number of benzene rings is 2. The molecule has 0 aromatic heterocycles. The average molecular weight is 296 g/mol. The summed E-state index contributed by atoms with van der Waals surface area (Å²) in [7, 11) is 0. The molecular weight excluding hydrogens is 282 g/mol. The Balaban J connectivity index is 0.000000200. The summed E-state index contributed by atoms with van der Waals surface area (Å²) >= 11 is 5.59. The maximum atomic E-state index is 10.1. The van der Waals surface area contributed by atoms with E-state index in [0.717, 1.165) is 0 Å². The first-order valence-corrected chi connectivity index (χ1v) is 5.93. The maximum absolute atomic E-state index is 10.1. The Kier molecular flexibility index (Phi) is 5.16. The van der Waals surface area contributed by atoms with Crippen LogP contribution in [0.25, 0.3) is 0 Å². The summed E-state index contributed by atoms with van der Waals surface area (Å²) in [6.07, 6.45) is 0. The Labute approximate surface area is 120 Å². The van der Waals surface area contributed by atoms with Crippen molar-refractivity contribution in [3.8, 4) is 5.75 Å². The van der Waals surface area contributed by atoms with Crippen LogP contribution >= 0.6 is 11.6 Å². The number of phenols is 1. The van der Waals surface area contributed by atoms with E-state index in [1.807, 2.05) is 0 Å². The highest BCUT2D eigenvalue weighted by Crippen LogP contribution is 2.28. The maximum Gasteiger partial charge on any atom is 0.269 e. The van der Waals surface area contributed by atoms with Gasteiger partial charge in [0.2, 0.25) is 0 Å². The number of aryl methyl sites for hydroxylation is 1. The minimum atomic E-state index is -0.459. The van der Waals surface area contributed by atoms with Crippen molar-refractivity contribution in [2.45, 2.75) is 6.92 Å². The lowest BCUT2D eigenvalue weighted by Crippen LogP contribution is -1.88. The van der Waals surface area contributed by atoms with Gasteiger partial charge in [-0.2, -0.15) is 0 Å². The van der Waals surface area contributed by atoms with E-state index in [4.69, 9.17) is 28.2 Å². The molecule has 7 heteroatoms. The van der Waals surface area contributed by atoms with Gasteiger partial charge in [-0.15, -0.1) is 0 Å². The number of hydrogen-bond donors (Lipinski definition) is 3. The molecule has 0 fully saturated rings. The first-order chi connectivity index (χ1) is 9.31. The van der Waals surface area contributed by atoms with Gasteiger partial charge in [0.05, 0.1) is 9.95 Å². The second-order valence-corrected chi connectivity index (χ2v) is 4.42. The molecule has 5 N–H and O–H groups in total. The molecule has 0 amide bonds. The van der Waals surface area contributed by atoms with Gasteiger partial charge in [0, 0.05) is 23.5 Å². The number of phenolic OH excluding ortho intramolecular Hbond substituents is 1. The molecule has 2 rings (SSSR count). The van der Waals surface area contributed by atoms with E-state index >= 15 is 0 Å². The molecule has 0 aliphatic carbocycles. The van der Waals surface area contributed by atoms with Crippen molar-refractivity contribution in [1.29, 1.82) is 0 Å². The number of nitro groups is 1. The largest absolute Gasteiger partial charge is 0.506 e. The molecule has 20 heavy (non-hydrogen) atoms. The second-order valence-electron chi connectivity index (χ2n) is 4.02. The number of hydrogen-bond acceptors (Lipinski definition) is 5. The van der Waals surface area contributed by atoms with E-state index in [0.29, 0.717) is 22.0 Å². The van der Waals surface area contributed by atoms with E-state index in [2.05, 4.69) is 0 Å². The number of halogens is 1. The number of rotatable bonds is 1. The topological polar surface area (TPSA) is 115 Å². The number of anilines is 2. The quantitative estimate of drug-likeness (QED) is 0.323. The van der Waals surface area contributed by atoms with Crippen LogP contribution in [0, 0.1) is 17.0 Å². The summed E-state index contributed by atoms with van der Waals surface area (Å²) in [6, 6.07) is 8.92. The molecule has 0 saturated carbocycles. The van der Waals surface area contributed by atoms with Gasteiger partial charge in [0.1, 0.15) is 5.75 Å². The lowest BCUT2D eigenvalue weighted by atomic mass is 10.2. The Morgan fingerprint density at radius 2 is 1.70 bits per heavy atom. The number of nitrogens with zero attached hydrogens (tertiary/aromatic N) is 1. The van der Waals surface area contributed by atoms with Crippen LogP contribution in [0.3, 0.4) is 0 Å². The molecule has 6 nitrogen and oxygen atoms in total. The number of nitro benzene ring substituents is 1. The van der Waals surface area contributed by atoms with Crippen LogP contribution in [0.5, 0.6) is 5.75 Å². The van der Waals surface area contributed by atoms with Crippen LogP contribution in [0.15, 0.2) is 36.4 Å². The van der Waals surface area contributed by atoms with Crippen LogP contribution in [0.2, 0.25) is 5.02 Å². The standard InChI is InChI=1S/C7H8ClNO.C6H6N2O2/c1-4-2-5(9)3-6(8)7(4)10;7-5-1-3-6(4-2-5)8(9)10/h2-3,10H,9H2,1H3;1-4H,7H2. The highest BCUT2D eigenvalue weighted by molar-refractivity contribution is 6.32. The molecule has 0 bridgehead atoms. The molecule has 106 valence electrons. The van der Waals surface area contributed by atoms with E-state index in [-0.39, 0.29) is 11.4 Å². The van der Waals surface area contributed by atoms with Gasteiger partial charge in [-0.3, -0.25) is 10.1 Å². The molecule has 0 radical (unpaired) electrons. The van der Waals surface area contributed by atoms with Crippen molar-refractivity contribution in [2.24, 2.45) is 0 Å². The van der Waals surface area contributed by atoms with Gasteiger partial charge in [-0.1, -0.05) is 11.6 Å². The summed E-state index contributed by atoms with van der Waals surface area (Å²) in [6.45, 7) is 1.75. The third-order valence-electron chi connectivity index (χ3n) is 2.38. The molecule has 0 aliphatic heterocycles. The first-order valence-electron chi connectivity index (χ1n) is 5.55. The number of aromatic hydroxyl groups is 1. The summed E-state index contributed by atoms with van der Waals surface area (Å²) < 4.78 is 0. The summed E-state index contributed by atoms with van der Waals surface area (Å²) in [5.41, 5.74) is 12.6. The van der Waals surface area contributed by atoms with E-state index in [1.54, 1.807) is 13.0 Å². The average Bonchev–Trinajstić information content (AvgIpc) is 2.37. The van der Waals surface area contributed by atoms with Crippen LogP contribution < -0.4 is 11.5 Å². The molecule has 2 aromatic rings. The highest BCUT2D eigenvalue weighted by atomic mass is 35.5. The van der Waals surface area contributed by atoms with Crippen LogP contribution in [0.1, 0.15) is 5.56 Å². The normalized spacial score (nSPS) is 9.50. The van der Waals surface area contributed by atoms with Gasteiger partial charge in [0.15, 0.2) is 0 Å². The van der Waals surface area contributed by atoms with Gasteiger partial charge >= 0.3 is 0 Å². The molecule has 0 aliphatic rings. The second kappa shape index (κ2) is 6.63. The van der Waals surface area contributed by atoms with Crippen molar-refractivity contribution >= 4 is 28.7 Å². The fourth-order valence-corrected chi connectivity index (χ4v) is 1.63. The first kappa shape index (κ1) is 15.6. The lowest BCUT2D eigenvalue weighted by molar-refractivity contribution is -0.384. The molecule has 0 saturated heterocycles. The number of nitrogen functional groups attached to an aromatic ring is 2. The predicted molar refractivity (Wildman–Crippen MR) is 79.8 cm³/mol. The minimum Gasteiger partial charge on any atom is -0.506 e. The lowest BCUT2D eigenvalue weighted by Gasteiger charge is -2.01.